The fourth-order valence-electron chi connectivity index (χ4n) is 10.9. The summed E-state index contributed by atoms with van der Waals surface area (Å²) in [6.45, 7) is 24.1. The minimum Gasteiger partial charge on any atom is -0.460 e. The van der Waals surface area contributed by atoms with Crippen molar-refractivity contribution in [3.63, 3.8) is 0 Å². The summed E-state index contributed by atoms with van der Waals surface area (Å²) < 4.78 is 5.64. The molecule has 5 nitrogen and oxygen atoms in total. The molecule has 6 rings (SSSR count). The highest BCUT2D eigenvalue weighted by atomic mass is 16.5. The van der Waals surface area contributed by atoms with Crippen LogP contribution in [0.3, 0.4) is 0 Å². The van der Waals surface area contributed by atoms with Gasteiger partial charge >= 0.3 is 5.97 Å². The molecule has 6 aliphatic carbocycles. The molecule has 6 aliphatic rings. The van der Waals surface area contributed by atoms with Gasteiger partial charge in [-0.25, -0.2) is 4.79 Å². The summed E-state index contributed by atoms with van der Waals surface area (Å²) in [6.07, 6.45) is 34.4. The molecule has 0 amide bonds. The molecule has 0 radical (unpaired) electrons. The van der Waals surface area contributed by atoms with Gasteiger partial charge in [0.15, 0.2) is 0 Å². The molecule has 1 fully saturated rings. The molecule has 54 heavy (non-hydrogen) atoms. The first kappa shape index (κ1) is 40.7. The molecule has 0 bridgehead atoms. The number of carbonyl (C=O) groups is 1. The molecule has 0 spiro atoms. The fourth-order valence-corrected chi connectivity index (χ4v) is 10.9. The zero-order valence-electron chi connectivity index (χ0n) is 35.1. The highest BCUT2D eigenvalue weighted by molar-refractivity contribution is 5.86. The summed E-state index contributed by atoms with van der Waals surface area (Å²) in [7, 11) is 0. The Bertz CT molecular complexity index is 1660. The number of esters is 1. The number of hydrogen-bond acceptors (Lipinski definition) is 4. The third kappa shape index (κ3) is 9.68. The van der Waals surface area contributed by atoms with Crippen molar-refractivity contribution < 1.29 is 14.8 Å². The SMILES string of the molecule is C=C(C)C(=O)OCC(C)(C)NC1CCC(C(C2=CCC(NC3C(C)=CC(C)=CC3C)C=C2)C2C=CC([NH2+]C3C(C)=CC(C)CC3C)CC2)C2=CCCC=C21. The van der Waals surface area contributed by atoms with Crippen LogP contribution in [0.25, 0.3) is 0 Å². The largest absolute Gasteiger partial charge is 0.460 e. The van der Waals surface area contributed by atoms with Crippen molar-refractivity contribution in [2.24, 2.45) is 35.5 Å². The van der Waals surface area contributed by atoms with Crippen LogP contribution in [-0.2, 0) is 9.53 Å². The van der Waals surface area contributed by atoms with Gasteiger partial charge in [-0.15, -0.1) is 0 Å². The summed E-state index contributed by atoms with van der Waals surface area (Å²) in [5.41, 5.74) is 9.06. The molecule has 0 saturated heterocycles. The van der Waals surface area contributed by atoms with Gasteiger partial charge in [-0.05, 0) is 144 Å². The summed E-state index contributed by atoms with van der Waals surface area (Å²) in [6, 6.07) is 2.12. The van der Waals surface area contributed by atoms with Gasteiger partial charge in [0, 0.05) is 41.6 Å². The van der Waals surface area contributed by atoms with Crippen molar-refractivity contribution in [2.45, 2.75) is 149 Å². The van der Waals surface area contributed by atoms with E-state index in [9.17, 15) is 4.79 Å². The molecule has 11 atom stereocenters. The van der Waals surface area contributed by atoms with Crippen LogP contribution in [0.5, 0.6) is 0 Å². The minimum atomic E-state index is -0.348. The van der Waals surface area contributed by atoms with Crippen molar-refractivity contribution in [3.05, 3.63) is 106 Å². The van der Waals surface area contributed by atoms with Gasteiger partial charge in [-0.1, -0.05) is 93.2 Å². The van der Waals surface area contributed by atoms with Gasteiger partial charge in [0.2, 0.25) is 0 Å². The standard InChI is InChI=1S/C49H71N3O2/c1-30(2)48(53)54-29-49(9,10)52-44-24-23-43(41-13-11-12-14-42(41)44)45(37-15-19-39(20-16-37)50-46-33(5)25-31(3)26-34(46)6)38-17-21-40(22-18-38)51-47-35(7)27-32(4)28-36(47)8/h13-17,19,21,25-27,32-33,36,38-40,43-47,50-52H,1,11-12,18,20,22-24,28-29H2,2-10H3/p+1. The van der Waals surface area contributed by atoms with E-state index >= 15 is 0 Å². The fraction of sp³-hybridized carbons (Fsp3) is 0.612. The van der Waals surface area contributed by atoms with E-state index in [1.165, 1.54) is 41.6 Å². The lowest BCUT2D eigenvalue weighted by Gasteiger charge is -2.45. The predicted octanol–water partition coefficient (Wildman–Crippen LogP) is 9.16. The topological polar surface area (TPSA) is 67.0 Å². The molecule has 4 N–H and O–H groups in total. The normalized spacial score (nSPS) is 34.7. The van der Waals surface area contributed by atoms with E-state index < -0.39 is 0 Å². The second-order valence-electron chi connectivity index (χ2n) is 18.9. The van der Waals surface area contributed by atoms with Gasteiger partial charge in [0.05, 0.1) is 0 Å². The van der Waals surface area contributed by atoms with Crippen LogP contribution in [0.2, 0.25) is 0 Å². The number of nitrogens with two attached hydrogens (primary N) is 1. The van der Waals surface area contributed by atoms with E-state index in [0.29, 0.717) is 71.9 Å². The Labute approximate surface area is 328 Å². The number of quaternary nitrogens is 1. The van der Waals surface area contributed by atoms with Crippen LogP contribution in [0, 0.1) is 35.5 Å². The van der Waals surface area contributed by atoms with E-state index in [1.54, 1.807) is 18.1 Å². The van der Waals surface area contributed by atoms with Crippen LogP contribution < -0.4 is 16.0 Å². The summed E-state index contributed by atoms with van der Waals surface area (Å²) in [5, 5.41) is 10.6. The smallest absolute Gasteiger partial charge is 0.333 e. The van der Waals surface area contributed by atoms with E-state index in [-0.39, 0.29) is 17.6 Å². The Balaban J connectivity index is 1.22. The number of rotatable bonds is 12. The molecule has 0 aromatic heterocycles. The molecular formula is C49H72N3O2+. The maximum absolute atomic E-state index is 12.2. The molecule has 11 unspecified atom stereocenters. The summed E-state index contributed by atoms with van der Waals surface area (Å²) >= 11 is 0. The molecule has 0 heterocycles. The number of allylic oxidation sites excluding steroid dienone is 8. The highest BCUT2D eigenvalue weighted by Gasteiger charge is 2.42. The molecule has 5 heteroatoms. The zero-order chi connectivity index (χ0) is 38.7. The summed E-state index contributed by atoms with van der Waals surface area (Å²) in [5.74, 6) is 3.04. The van der Waals surface area contributed by atoms with E-state index in [0.717, 1.165) is 32.1 Å². The third-order valence-corrected chi connectivity index (χ3v) is 13.4. The number of nitrogens with one attached hydrogen (secondary N) is 2. The van der Waals surface area contributed by atoms with Gasteiger partial charge in [0.1, 0.15) is 18.7 Å². The monoisotopic (exact) mass is 735 g/mol. The van der Waals surface area contributed by atoms with Gasteiger partial charge < -0.3 is 20.7 Å². The van der Waals surface area contributed by atoms with Crippen LogP contribution in [0.4, 0.5) is 0 Å². The van der Waals surface area contributed by atoms with Crippen molar-refractivity contribution in [3.8, 4) is 0 Å². The van der Waals surface area contributed by atoms with E-state index in [2.05, 4.69) is 139 Å². The van der Waals surface area contributed by atoms with Crippen LogP contribution in [0.1, 0.15) is 114 Å². The zero-order valence-corrected chi connectivity index (χ0v) is 35.1. The third-order valence-electron chi connectivity index (χ3n) is 13.4. The Morgan fingerprint density at radius 3 is 2.37 bits per heavy atom. The Morgan fingerprint density at radius 1 is 0.963 bits per heavy atom. The van der Waals surface area contributed by atoms with Crippen molar-refractivity contribution in [2.75, 3.05) is 6.61 Å². The Kier molecular flexibility index (Phi) is 13.1. The van der Waals surface area contributed by atoms with E-state index in [1.807, 2.05) is 0 Å². The number of ether oxygens (including phenoxy) is 1. The lowest BCUT2D eigenvalue weighted by molar-refractivity contribution is -0.712. The molecule has 0 aromatic carbocycles. The highest BCUT2D eigenvalue weighted by Crippen LogP contribution is 2.48. The first-order valence-corrected chi connectivity index (χ1v) is 21.4. The maximum Gasteiger partial charge on any atom is 0.333 e. The van der Waals surface area contributed by atoms with Crippen LogP contribution >= 0.6 is 0 Å². The number of hydrogen-bond donors (Lipinski definition) is 3. The lowest BCUT2D eigenvalue weighted by Crippen LogP contribution is -2.96. The first-order chi connectivity index (χ1) is 25.7. The van der Waals surface area contributed by atoms with Crippen LogP contribution in [0.15, 0.2) is 106 Å². The van der Waals surface area contributed by atoms with E-state index in [4.69, 9.17) is 4.74 Å². The second-order valence-corrected chi connectivity index (χ2v) is 18.9. The first-order valence-electron chi connectivity index (χ1n) is 21.4. The van der Waals surface area contributed by atoms with Gasteiger partial charge in [-0.3, -0.25) is 0 Å². The van der Waals surface area contributed by atoms with Crippen molar-refractivity contribution >= 4 is 5.97 Å². The molecule has 0 aliphatic heterocycles. The maximum atomic E-state index is 12.2. The number of carbonyl (C=O) groups excluding carboxylic acids is 1. The number of fused-ring (bicyclic) bond motifs is 1. The Morgan fingerprint density at radius 2 is 1.72 bits per heavy atom. The van der Waals surface area contributed by atoms with Crippen molar-refractivity contribution in [1.29, 1.82) is 0 Å². The average Bonchev–Trinajstić information content (AvgIpc) is 3.12. The average molecular weight is 735 g/mol. The van der Waals surface area contributed by atoms with Gasteiger partial charge in [0.25, 0.3) is 0 Å². The predicted molar refractivity (Wildman–Crippen MR) is 226 cm³/mol. The van der Waals surface area contributed by atoms with Gasteiger partial charge in [-0.2, -0.15) is 0 Å². The summed E-state index contributed by atoms with van der Waals surface area (Å²) in [4.78, 5) is 12.2. The molecule has 1 saturated carbocycles. The molecule has 0 aromatic rings. The minimum absolute atomic E-state index is 0.250. The Hall–Kier alpha value is -2.99. The van der Waals surface area contributed by atoms with Crippen LogP contribution in [-0.4, -0.2) is 48.3 Å². The van der Waals surface area contributed by atoms with Crippen molar-refractivity contribution in [1.82, 2.24) is 10.6 Å². The second kappa shape index (κ2) is 17.4. The lowest BCUT2D eigenvalue weighted by atomic mass is 9.62. The molecule has 294 valence electrons. The molecular weight excluding hydrogens is 663 g/mol. The quantitative estimate of drug-likeness (QED) is 0.106.